The van der Waals surface area contributed by atoms with Crippen LogP contribution in [-0.2, 0) is 4.79 Å². The van der Waals surface area contributed by atoms with Crippen LogP contribution in [0.3, 0.4) is 0 Å². The molecule has 2 aliphatic rings. The smallest absolute Gasteiger partial charge is 0.311 e. The standard InChI is InChI=1S/C25H37FO2/c1-2-3-5-19-8-11-21(12-9-19)22-7-4-6-20(18-22)10-17-25(27)28-24-15-13-23(26)14-16-24/h13-16,19-22H,2-12,17-18H2,1H3/t19-,20?,21-,22-/m0/s1. The van der Waals surface area contributed by atoms with Crippen LogP contribution in [0.1, 0.15) is 90.4 Å². The molecule has 2 atom stereocenters. The van der Waals surface area contributed by atoms with Crippen molar-refractivity contribution in [1.29, 1.82) is 0 Å². The Hall–Kier alpha value is -1.38. The molecule has 1 unspecified atom stereocenters. The van der Waals surface area contributed by atoms with Crippen LogP contribution in [0.5, 0.6) is 5.75 Å². The Bertz CT molecular complexity index is 589. The van der Waals surface area contributed by atoms with Gasteiger partial charge in [-0.25, -0.2) is 4.39 Å². The van der Waals surface area contributed by atoms with Crippen LogP contribution in [-0.4, -0.2) is 5.97 Å². The van der Waals surface area contributed by atoms with E-state index in [9.17, 15) is 9.18 Å². The van der Waals surface area contributed by atoms with Gasteiger partial charge in [-0.05, 0) is 73.6 Å². The van der Waals surface area contributed by atoms with Gasteiger partial charge in [0.1, 0.15) is 11.6 Å². The quantitative estimate of drug-likeness (QED) is 0.344. The number of ether oxygens (including phenoxy) is 1. The zero-order valence-electron chi connectivity index (χ0n) is 17.5. The summed E-state index contributed by atoms with van der Waals surface area (Å²) in [6.07, 6.45) is 16.6. The molecule has 1 aromatic rings. The molecule has 0 aliphatic heterocycles. The van der Waals surface area contributed by atoms with E-state index in [0.29, 0.717) is 18.1 Å². The molecule has 0 N–H and O–H groups in total. The van der Waals surface area contributed by atoms with Crippen LogP contribution in [0, 0.1) is 29.5 Å². The number of esters is 1. The maximum atomic E-state index is 12.9. The zero-order valence-corrected chi connectivity index (χ0v) is 17.5. The molecular formula is C25H37FO2. The number of rotatable bonds is 8. The highest BCUT2D eigenvalue weighted by Gasteiger charge is 2.31. The Labute approximate surface area is 170 Å². The van der Waals surface area contributed by atoms with Crippen LogP contribution in [0.15, 0.2) is 24.3 Å². The predicted molar refractivity (Wildman–Crippen MR) is 112 cm³/mol. The Morgan fingerprint density at radius 2 is 1.71 bits per heavy atom. The average Bonchev–Trinajstić information content (AvgIpc) is 2.73. The van der Waals surface area contributed by atoms with E-state index in [1.807, 2.05) is 0 Å². The lowest BCUT2D eigenvalue weighted by Gasteiger charge is -2.38. The molecule has 3 heteroatoms. The van der Waals surface area contributed by atoms with E-state index in [4.69, 9.17) is 4.74 Å². The summed E-state index contributed by atoms with van der Waals surface area (Å²) in [6, 6.07) is 5.68. The van der Waals surface area contributed by atoms with Gasteiger partial charge in [0.05, 0.1) is 0 Å². The summed E-state index contributed by atoms with van der Waals surface area (Å²) in [7, 11) is 0. The van der Waals surface area contributed by atoms with Gasteiger partial charge >= 0.3 is 5.97 Å². The van der Waals surface area contributed by atoms with Crippen molar-refractivity contribution in [2.75, 3.05) is 0 Å². The third kappa shape index (κ3) is 6.60. The molecule has 0 aromatic heterocycles. The van der Waals surface area contributed by atoms with Crippen molar-refractivity contribution in [3.05, 3.63) is 30.1 Å². The van der Waals surface area contributed by atoms with Crippen molar-refractivity contribution in [2.24, 2.45) is 23.7 Å². The summed E-state index contributed by atoms with van der Waals surface area (Å²) >= 11 is 0. The molecule has 2 aliphatic carbocycles. The summed E-state index contributed by atoms with van der Waals surface area (Å²) in [5.74, 6) is 3.38. The molecular weight excluding hydrogens is 351 g/mol. The maximum absolute atomic E-state index is 12.9. The second-order valence-corrected chi connectivity index (χ2v) is 9.18. The Balaban J connectivity index is 1.38. The first kappa shape index (κ1) is 21.3. The summed E-state index contributed by atoms with van der Waals surface area (Å²) < 4.78 is 18.3. The minimum Gasteiger partial charge on any atom is -0.427 e. The van der Waals surface area contributed by atoms with Gasteiger partial charge in [0.15, 0.2) is 0 Å². The van der Waals surface area contributed by atoms with Crippen molar-refractivity contribution in [1.82, 2.24) is 0 Å². The molecule has 28 heavy (non-hydrogen) atoms. The Morgan fingerprint density at radius 1 is 0.964 bits per heavy atom. The highest BCUT2D eigenvalue weighted by atomic mass is 19.1. The molecule has 2 fully saturated rings. The number of hydrogen-bond donors (Lipinski definition) is 0. The summed E-state index contributed by atoms with van der Waals surface area (Å²) in [5, 5.41) is 0. The third-order valence-electron chi connectivity index (χ3n) is 7.15. The largest absolute Gasteiger partial charge is 0.427 e. The number of benzene rings is 1. The number of carbonyl (C=O) groups is 1. The normalized spacial score (nSPS) is 28.1. The highest BCUT2D eigenvalue weighted by Crippen LogP contribution is 2.43. The number of carbonyl (C=O) groups excluding carboxylic acids is 1. The van der Waals surface area contributed by atoms with E-state index in [0.717, 1.165) is 24.2 Å². The monoisotopic (exact) mass is 388 g/mol. The summed E-state index contributed by atoms with van der Waals surface area (Å²) in [5.41, 5.74) is 0. The lowest BCUT2D eigenvalue weighted by atomic mass is 9.67. The predicted octanol–water partition coefficient (Wildman–Crippen LogP) is 7.31. The lowest BCUT2D eigenvalue weighted by Crippen LogP contribution is -2.27. The molecule has 0 amide bonds. The van der Waals surface area contributed by atoms with Gasteiger partial charge in [-0.3, -0.25) is 4.79 Å². The molecule has 3 rings (SSSR count). The second kappa shape index (κ2) is 11.0. The fraction of sp³-hybridized carbons (Fsp3) is 0.720. The minimum absolute atomic E-state index is 0.190. The first-order valence-electron chi connectivity index (χ1n) is 11.6. The molecule has 0 saturated heterocycles. The fourth-order valence-corrected chi connectivity index (χ4v) is 5.47. The van der Waals surface area contributed by atoms with E-state index in [1.54, 1.807) is 0 Å². The maximum Gasteiger partial charge on any atom is 0.311 e. The number of hydrogen-bond acceptors (Lipinski definition) is 2. The van der Waals surface area contributed by atoms with Gasteiger partial charge in [0.25, 0.3) is 0 Å². The van der Waals surface area contributed by atoms with Crippen LogP contribution < -0.4 is 4.74 Å². The molecule has 156 valence electrons. The van der Waals surface area contributed by atoms with E-state index in [-0.39, 0.29) is 11.8 Å². The average molecular weight is 389 g/mol. The van der Waals surface area contributed by atoms with Gasteiger partial charge in [-0.15, -0.1) is 0 Å². The molecule has 1 aromatic carbocycles. The van der Waals surface area contributed by atoms with Gasteiger partial charge in [-0.2, -0.15) is 0 Å². The molecule has 0 bridgehead atoms. The van der Waals surface area contributed by atoms with Crippen molar-refractivity contribution in [2.45, 2.75) is 90.4 Å². The minimum atomic E-state index is -0.313. The zero-order chi connectivity index (χ0) is 19.8. The second-order valence-electron chi connectivity index (χ2n) is 9.18. The highest BCUT2D eigenvalue weighted by molar-refractivity contribution is 5.72. The Morgan fingerprint density at radius 3 is 2.43 bits per heavy atom. The summed E-state index contributed by atoms with van der Waals surface area (Å²) in [4.78, 5) is 12.1. The molecule has 2 saturated carbocycles. The van der Waals surface area contributed by atoms with Gasteiger partial charge in [-0.1, -0.05) is 58.3 Å². The van der Waals surface area contributed by atoms with Gasteiger partial charge in [0.2, 0.25) is 0 Å². The van der Waals surface area contributed by atoms with Crippen LogP contribution in [0.2, 0.25) is 0 Å². The van der Waals surface area contributed by atoms with E-state index < -0.39 is 0 Å². The molecule has 2 nitrogen and oxygen atoms in total. The summed E-state index contributed by atoms with van der Waals surface area (Å²) in [6.45, 7) is 2.29. The SMILES string of the molecule is CCCC[C@H]1CC[C@H]([C@H]2CCCC(CCC(=O)Oc3ccc(F)cc3)C2)CC1. The molecule has 0 radical (unpaired) electrons. The molecule has 0 spiro atoms. The first-order valence-corrected chi connectivity index (χ1v) is 11.6. The van der Waals surface area contributed by atoms with Crippen molar-refractivity contribution in [3.63, 3.8) is 0 Å². The van der Waals surface area contributed by atoms with Crippen LogP contribution in [0.25, 0.3) is 0 Å². The van der Waals surface area contributed by atoms with Crippen LogP contribution in [0.4, 0.5) is 4.39 Å². The van der Waals surface area contributed by atoms with E-state index >= 15 is 0 Å². The Kier molecular flexibility index (Phi) is 8.36. The first-order chi connectivity index (χ1) is 13.6. The third-order valence-corrected chi connectivity index (χ3v) is 7.15. The van der Waals surface area contributed by atoms with Crippen molar-refractivity contribution >= 4 is 5.97 Å². The lowest BCUT2D eigenvalue weighted by molar-refractivity contribution is -0.134. The molecule has 0 heterocycles. The van der Waals surface area contributed by atoms with Crippen molar-refractivity contribution < 1.29 is 13.9 Å². The number of unbranched alkanes of at least 4 members (excludes halogenated alkanes) is 1. The fourth-order valence-electron chi connectivity index (χ4n) is 5.47. The van der Waals surface area contributed by atoms with Crippen LogP contribution >= 0.6 is 0 Å². The topological polar surface area (TPSA) is 26.3 Å². The van der Waals surface area contributed by atoms with E-state index in [2.05, 4.69) is 6.92 Å². The van der Waals surface area contributed by atoms with Crippen molar-refractivity contribution in [3.8, 4) is 5.75 Å². The number of halogens is 1. The van der Waals surface area contributed by atoms with E-state index in [1.165, 1.54) is 94.9 Å². The van der Waals surface area contributed by atoms with Gasteiger partial charge < -0.3 is 4.74 Å². The van der Waals surface area contributed by atoms with Gasteiger partial charge in [0, 0.05) is 6.42 Å².